The lowest BCUT2D eigenvalue weighted by molar-refractivity contribution is -0.132. The number of carbonyl (C=O) groups is 1. The number of thioether (sulfide) groups is 1. The minimum atomic E-state index is 0.270. The van der Waals surface area contributed by atoms with Crippen molar-refractivity contribution in [1.82, 2.24) is 9.80 Å². The van der Waals surface area contributed by atoms with E-state index in [0.29, 0.717) is 5.75 Å². The third kappa shape index (κ3) is 4.48. The van der Waals surface area contributed by atoms with E-state index in [2.05, 4.69) is 48.2 Å². The van der Waals surface area contributed by atoms with Gasteiger partial charge in [-0.2, -0.15) is 11.8 Å². The van der Waals surface area contributed by atoms with Gasteiger partial charge in [0.25, 0.3) is 0 Å². The quantitative estimate of drug-likeness (QED) is 0.835. The van der Waals surface area contributed by atoms with Crippen LogP contribution in [-0.2, 0) is 11.3 Å². The van der Waals surface area contributed by atoms with Crippen LogP contribution in [0, 0.1) is 0 Å². The van der Waals surface area contributed by atoms with Crippen molar-refractivity contribution in [3.8, 4) is 0 Å². The van der Waals surface area contributed by atoms with E-state index in [9.17, 15) is 4.79 Å². The van der Waals surface area contributed by atoms with Crippen LogP contribution in [0.15, 0.2) is 24.3 Å². The molecule has 1 fully saturated rings. The lowest BCUT2D eigenvalue weighted by Crippen LogP contribution is -2.39. The number of rotatable bonds is 5. The molecular weight excluding hydrogens is 280 g/mol. The van der Waals surface area contributed by atoms with Gasteiger partial charge in [0.1, 0.15) is 0 Å². The summed E-state index contributed by atoms with van der Waals surface area (Å²) in [5.41, 5.74) is 2.60. The highest BCUT2D eigenvalue weighted by Crippen LogP contribution is 2.31. The van der Waals surface area contributed by atoms with Gasteiger partial charge in [-0.25, -0.2) is 0 Å². The predicted octanol–water partition coefficient (Wildman–Crippen LogP) is 3.16. The minimum Gasteiger partial charge on any atom is -0.335 e. The van der Waals surface area contributed by atoms with Crippen molar-refractivity contribution in [3.05, 3.63) is 35.4 Å². The lowest BCUT2D eigenvalue weighted by atomic mass is 9.94. The average molecular weight is 306 g/mol. The number of hydrogen-bond donors (Lipinski definition) is 0. The fourth-order valence-corrected chi connectivity index (χ4v) is 3.41. The summed E-state index contributed by atoms with van der Waals surface area (Å²) in [5, 5.41) is 0. The Morgan fingerprint density at radius 1 is 1.29 bits per heavy atom. The molecule has 0 unspecified atom stereocenters. The summed E-state index contributed by atoms with van der Waals surface area (Å²) in [5.74, 6) is 0.874. The minimum absolute atomic E-state index is 0.270. The second kappa shape index (κ2) is 7.85. The summed E-state index contributed by atoms with van der Waals surface area (Å²) in [6.45, 7) is 1.86. The molecule has 0 radical (unpaired) electrons. The molecule has 1 atom stereocenters. The Hall–Kier alpha value is -1.00. The molecule has 4 heteroatoms. The standard InChI is InChI=1S/C17H26N2OS/c1-18(2)12-14-7-9-15(10-8-14)16-6-4-5-11-19(16)17(20)13-21-3/h7-10,16H,4-6,11-13H2,1-3H3/t16-/m0/s1. The van der Waals surface area contributed by atoms with Gasteiger partial charge in [-0.3, -0.25) is 4.79 Å². The molecule has 2 rings (SSSR count). The summed E-state index contributed by atoms with van der Waals surface area (Å²) in [6, 6.07) is 9.07. The van der Waals surface area contributed by atoms with E-state index >= 15 is 0 Å². The maximum Gasteiger partial charge on any atom is 0.233 e. The summed E-state index contributed by atoms with van der Waals surface area (Å²) >= 11 is 1.61. The first-order chi connectivity index (χ1) is 10.1. The molecule has 21 heavy (non-hydrogen) atoms. The molecule has 0 bridgehead atoms. The Bertz CT molecular complexity index is 458. The van der Waals surface area contributed by atoms with Gasteiger partial charge in [0, 0.05) is 13.1 Å². The van der Waals surface area contributed by atoms with Gasteiger partial charge in [-0.05, 0) is 50.7 Å². The van der Waals surface area contributed by atoms with Gasteiger partial charge in [0.15, 0.2) is 0 Å². The number of piperidine rings is 1. The van der Waals surface area contributed by atoms with Crippen molar-refractivity contribution >= 4 is 17.7 Å². The Kier molecular flexibility index (Phi) is 6.12. The van der Waals surface area contributed by atoms with E-state index in [1.807, 2.05) is 6.26 Å². The highest BCUT2D eigenvalue weighted by Gasteiger charge is 2.27. The fourth-order valence-electron chi connectivity index (χ4n) is 2.99. The van der Waals surface area contributed by atoms with Gasteiger partial charge in [-0.15, -0.1) is 0 Å². The molecule has 3 nitrogen and oxygen atoms in total. The maximum absolute atomic E-state index is 12.3. The van der Waals surface area contributed by atoms with Gasteiger partial charge in [-0.1, -0.05) is 24.3 Å². The topological polar surface area (TPSA) is 23.6 Å². The summed E-state index contributed by atoms with van der Waals surface area (Å²) in [7, 11) is 4.16. The van der Waals surface area contributed by atoms with Crippen LogP contribution in [0.5, 0.6) is 0 Å². The smallest absolute Gasteiger partial charge is 0.233 e. The molecule has 0 aromatic heterocycles. The zero-order valence-electron chi connectivity index (χ0n) is 13.3. The highest BCUT2D eigenvalue weighted by atomic mass is 32.2. The van der Waals surface area contributed by atoms with E-state index in [4.69, 9.17) is 0 Å². The molecule has 1 aliphatic rings. The van der Waals surface area contributed by atoms with E-state index in [1.54, 1.807) is 11.8 Å². The number of benzene rings is 1. The van der Waals surface area contributed by atoms with Crippen molar-refractivity contribution in [1.29, 1.82) is 0 Å². The number of amides is 1. The molecule has 0 aliphatic carbocycles. The van der Waals surface area contributed by atoms with E-state index < -0.39 is 0 Å². The Morgan fingerprint density at radius 3 is 2.62 bits per heavy atom. The normalized spacial score (nSPS) is 19.0. The molecule has 1 aliphatic heterocycles. The molecule has 1 amide bonds. The molecule has 0 saturated carbocycles. The predicted molar refractivity (Wildman–Crippen MR) is 90.5 cm³/mol. The van der Waals surface area contributed by atoms with Crippen LogP contribution in [0.2, 0.25) is 0 Å². The molecular formula is C17H26N2OS. The largest absolute Gasteiger partial charge is 0.335 e. The van der Waals surface area contributed by atoms with Crippen LogP contribution >= 0.6 is 11.8 Å². The van der Waals surface area contributed by atoms with Gasteiger partial charge >= 0.3 is 0 Å². The molecule has 116 valence electrons. The summed E-state index contributed by atoms with van der Waals surface area (Å²) < 4.78 is 0. The van der Waals surface area contributed by atoms with E-state index in [0.717, 1.165) is 25.9 Å². The zero-order valence-corrected chi connectivity index (χ0v) is 14.2. The number of nitrogens with zero attached hydrogens (tertiary/aromatic N) is 2. The third-order valence-electron chi connectivity index (χ3n) is 3.95. The summed E-state index contributed by atoms with van der Waals surface area (Å²) in [6.07, 6.45) is 5.43. The molecule has 1 aromatic carbocycles. The van der Waals surface area contributed by atoms with Crippen molar-refractivity contribution in [2.45, 2.75) is 31.8 Å². The van der Waals surface area contributed by atoms with Crippen LogP contribution in [0.1, 0.15) is 36.4 Å². The second-order valence-electron chi connectivity index (χ2n) is 6.01. The average Bonchev–Trinajstić information content (AvgIpc) is 2.48. The van der Waals surface area contributed by atoms with Crippen LogP contribution in [0.3, 0.4) is 0 Å². The van der Waals surface area contributed by atoms with Gasteiger partial charge in [0.05, 0.1) is 11.8 Å². The van der Waals surface area contributed by atoms with E-state index in [-0.39, 0.29) is 11.9 Å². The zero-order chi connectivity index (χ0) is 15.2. The SMILES string of the molecule is CSCC(=O)N1CCCC[C@H]1c1ccc(CN(C)C)cc1. The van der Waals surface area contributed by atoms with Crippen molar-refractivity contribution in [2.24, 2.45) is 0 Å². The van der Waals surface area contributed by atoms with Crippen molar-refractivity contribution in [2.75, 3.05) is 32.6 Å². The molecule has 0 spiro atoms. The van der Waals surface area contributed by atoms with E-state index in [1.165, 1.54) is 17.5 Å². The second-order valence-corrected chi connectivity index (χ2v) is 6.88. The Balaban J connectivity index is 2.11. The monoisotopic (exact) mass is 306 g/mol. The fraction of sp³-hybridized carbons (Fsp3) is 0.588. The molecule has 1 heterocycles. The van der Waals surface area contributed by atoms with Crippen LogP contribution in [0.4, 0.5) is 0 Å². The van der Waals surface area contributed by atoms with Crippen molar-refractivity contribution in [3.63, 3.8) is 0 Å². The first kappa shape index (κ1) is 16.4. The Labute approximate surface area is 132 Å². The molecule has 1 aromatic rings. The van der Waals surface area contributed by atoms with Crippen LogP contribution in [-0.4, -0.2) is 48.4 Å². The molecule has 0 N–H and O–H groups in total. The number of carbonyl (C=O) groups excluding carboxylic acids is 1. The van der Waals surface area contributed by atoms with Crippen LogP contribution < -0.4 is 0 Å². The van der Waals surface area contributed by atoms with Gasteiger partial charge < -0.3 is 9.80 Å². The van der Waals surface area contributed by atoms with Crippen molar-refractivity contribution < 1.29 is 4.79 Å². The first-order valence-electron chi connectivity index (χ1n) is 7.64. The first-order valence-corrected chi connectivity index (χ1v) is 9.03. The Morgan fingerprint density at radius 2 is 2.00 bits per heavy atom. The van der Waals surface area contributed by atoms with Crippen LogP contribution in [0.25, 0.3) is 0 Å². The number of hydrogen-bond acceptors (Lipinski definition) is 3. The molecule has 1 saturated heterocycles. The third-order valence-corrected chi connectivity index (χ3v) is 4.49. The number of likely N-dealkylation sites (tertiary alicyclic amines) is 1. The highest BCUT2D eigenvalue weighted by molar-refractivity contribution is 7.99. The summed E-state index contributed by atoms with van der Waals surface area (Å²) in [4.78, 5) is 16.5. The van der Waals surface area contributed by atoms with Gasteiger partial charge in [0.2, 0.25) is 5.91 Å². The lowest BCUT2D eigenvalue weighted by Gasteiger charge is -2.36. The maximum atomic E-state index is 12.3.